The van der Waals surface area contributed by atoms with Crippen LogP contribution in [0.2, 0.25) is 0 Å². The number of anilines is 2. The Labute approximate surface area is 182 Å². The van der Waals surface area contributed by atoms with E-state index in [1.807, 2.05) is 0 Å². The number of alkyl halides is 3. The first-order chi connectivity index (χ1) is 15.1. The van der Waals surface area contributed by atoms with Crippen molar-refractivity contribution in [2.45, 2.75) is 39.3 Å². The molecule has 1 N–H and O–H groups in total. The summed E-state index contributed by atoms with van der Waals surface area (Å²) in [7, 11) is 1.30. The lowest BCUT2D eigenvalue weighted by atomic mass is 10.3. The van der Waals surface area contributed by atoms with Gasteiger partial charge in [-0.05, 0) is 13.3 Å². The molecule has 1 aromatic rings. The number of piperazine rings is 1. The lowest BCUT2D eigenvalue weighted by Gasteiger charge is -2.40. The smallest absolute Gasteiger partial charge is 0.327 e. The molecule has 2 aliphatic rings. The van der Waals surface area contributed by atoms with Gasteiger partial charge in [0.1, 0.15) is 0 Å². The van der Waals surface area contributed by atoms with Crippen molar-refractivity contribution in [2.75, 3.05) is 42.7 Å². The Morgan fingerprint density at radius 3 is 2.47 bits per heavy atom. The molecule has 3 heterocycles. The zero-order chi connectivity index (χ0) is 23.6. The minimum absolute atomic E-state index is 0.0161. The number of carbonyl (C=O) groups excluding carboxylic acids is 1. The van der Waals surface area contributed by atoms with Crippen molar-refractivity contribution in [3.8, 4) is 11.8 Å². The quantitative estimate of drug-likeness (QED) is 0.608. The summed E-state index contributed by atoms with van der Waals surface area (Å²) in [4.78, 5) is 45.9. The van der Waals surface area contributed by atoms with Crippen LogP contribution < -0.4 is 26.5 Å². The lowest BCUT2D eigenvalue weighted by Crippen LogP contribution is -2.61. The van der Waals surface area contributed by atoms with Gasteiger partial charge >= 0.3 is 17.8 Å². The molecule has 13 heteroatoms. The maximum Gasteiger partial charge on any atom is 0.493 e. The Balaban J connectivity index is 2.27. The Morgan fingerprint density at radius 1 is 1.25 bits per heavy atom. The van der Waals surface area contributed by atoms with Crippen LogP contribution in [0.25, 0.3) is 0 Å². The van der Waals surface area contributed by atoms with E-state index in [-0.39, 0.29) is 24.6 Å². The van der Waals surface area contributed by atoms with Crippen LogP contribution in [0, 0.1) is 11.8 Å². The van der Waals surface area contributed by atoms with E-state index in [1.165, 1.54) is 11.9 Å². The number of nitrogens with zero attached hydrogens (tertiary/aromatic N) is 5. The molecule has 0 saturated carbocycles. The number of nitrogens with one attached hydrogen (secondary N) is 1. The van der Waals surface area contributed by atoms with Crippen LogP contribution in [0.15, 0.2) is 9.59 Å². The summed E-state index contributed by atoms with van der Waals surface area (Å²) in [6.07, 6.45) is -5.88. The van der Waals surface area contributed by atoms with Gasteiger partial charge < -0.3 is 15.1 Å². The van der Waals surface area contributed by atoms with Gasteiger partial charge in [0.2, 0.25) is 0 Å². The fraction of sp³-hybridized carbons (Fsp3) is 0.632. The van der Waals surface area contributed by atoms with Gasteiger partial charge in [-0.2, -0.15) is 13.2 Å². The molecular formula is C19H25F3N6O4. The largest absolute Gasteiger partial charge is 0.493 e. The van der Waals surface area contributed by atoms with Gasteiger partial charge in [0, 0.05) is 39.8 Å². The highest BCUT2D eigenvalue weighted by Gasteiger charge is 2.50. The minimum Gasteiger partial charge on any atom is -0.327 e. The number of aromatic nitrogens is 2. The fourth-order valence-corrected chi connectivity index (χ4v) is 3.81. The van der Waals surface area contributed by atoms with Crippen LogP contribution in [-0.2, 0) is 23.2 Å². The van der Waals surface area contributed by atoms with Crippen LogP contribution in [-0.4, -0.2) is 65.2 Å². The summed E-state index contributed by atoms with van der Waals surface area (Å²) < 4.78 is 41.4. The summed E-state index contributed by atoms with van der Waals surface area (Å²) >= 11 is 0. The summed E-state index contributed by atoms with van der Waals surface area (Å²) in [5.74, 6) is 2.91. The molecule has 0 aliphatic carbocycles. The minimum atomic E-state index is -5.26. The van der Waals surface area contributed by atoms with Crippen molar-refractivity contribution in [1.82, 2.24) is 19.4 Å². The molecule has 32 heavy (non-hydrogen) atoms. The first kappa shape index (κ1) is 23.7. The summed E-state index contributed by atoms with van der Waals surface area (Å²) in [6, 6.07) is 0. The fourth-order valence-electron chi connectivity index (χ4n) is 3.81. The standard InChI is InChI=1S/C19H25F3N6O4/c1-4-6-10-26-13-14(27(9-5-2)18(31)24(3)15(13)29)28(32-16(30)19(20,21)22)17(26)25-11-7-23-8-12-25/h17,23H,5,7-12H2,1-3H3. The normalized spacial score (nSPS) is 18.9. The molecule has 1 fully saturated rings. The van der Waals surface area contributed by atoms with E-state index in [9.17, 15) is 27.6 Å². The Kier molecular flexibility index (Phi) is 6.85. The molecule has 176 valence electrons. The predicted molar refractivity (Wildman–Crippen MR) is 110 cm³/mol. The molecule has 10 nitrogen and oxygen atoms in total. The van der Waals surface area contributed by atoms with Crippen LogP contribution >= 0.6 is 0 Å². The first-order valence-electron chi connectivity index (χ1n) is 10.2. The van der Waals surface area contributed by atoms with Crippen LogP contribution in [0.4, 0.5) is 24.7 Å². The van der Waals surface area contributed by atoms with Crippen molar-refractivity contribution in [3.05, 3.63) is 20.8 Å². The molecule has 1 unspecified atom stereocenters. The molecule has 3 rings (SSSR count). The molecule has 0 spiro atoms. The molecule has 1 atom stereocenters. The lowest BCUT2D eigenvalue weighted by molar-refractivity contribution is -0.203. The Morgan fingerprint density at radius 2 is 1.91 bits per heavy atom. The number of hydrogen-bond donors (Lipinski definition) is 1. The highest BCUT2D eigenvalue weighted by atomic mass is 19.4. The third-order valence-corrected chi connectivity index (χ3v) is 5.24. The average molecular weight is 458 g/mol. The van der Waals surface area contributed by atoms with Gasteiger partial charge in [-0.15, -0.1) is 11.0 Å². The van der Waals surface area contributed by atoms with Crippen molar-refractivity contribution < 1.29 is 22.8 Å². The van der Waals surface area contributed by atoms with Crippen LogP contribution in [0.3, 0.4) is 0 Å². The van der Waals surface area contributed by atoms with E-state index in [0.717, 1.165) is 14.2 Å². The Hall–Kier alpha value is -2.98. The van der Waals surface area contributed by atoms with E-state index in [2.05, 4.69) is 17.2 Å². The predicted octanol–water partition coefficient (Wildman–Crippen LogP) is -0.184. The summed E-state index contributed by atoms with van der Waals surface area (Å²) in [5.41, 5.74) is -1.46. The highest BCUT2D eigenvalue weighted by molar-refractivity contribution is 5.80. The van der Waals surface area contributed by atoms with E-state index >= 15 is 0 Å². The monoisotopic (exact) mass is 458 g/mol. The first-order valence-corrected chi connectivity index (χ1v) is 10.2. The van der Waals surface area contributed by atoms with Crippen molar-refractivity contribution in [1.29, 1.82) is 0 Å². The third kappa shape index (κ3) is 4.20. The van der Waals surface area contributed by atoms with Gasteiger partial charge in [-0.25, -0.2) is 9.59 Å². The average Bonchev–Trinajstić information content (AvgIpc) is 3.07. The molecule has 0 amide bonds. The molecule has 0 bridgehead atoms. The topological polar surface area (TPSA) is 92.0 Å². The summed E-state index contributed by atoms with van der Waals surface area (Å²) in [6.45, 7) is 5.37. The zero-order valence-corrected chi connectivity index (χ0v) is 18.0. The number of hydrogen-bond acceptors (Lipinski definition) is 8. The molecule has 1 aromatic heterocycles. The van der Waals surface area contributed by atoms with Crippen molar-refractivity contribution >= 4 is 17.5 Å². The van der Waals surface area contributed by atoms with Crippen molar-refractivity contribution in [2.24, 2.45) is 7.05 Å². The highest BCUT2D eigenvalue weighted by Crippen LogP contribution is 2.38. The maximum absolute atomic E-state index is 13.1. The SMILES string of the molecule is CC#CCN1c2c(n(CCC)c(=O)n(C)c2=O)N(OC(=O)C(F)(F)F)C1N1CCNCC1. The number of halogens is 3. The second kappa shape index (κ2) is 9.25. The molecule has 1 saturated heterocycles. The van der Waals surface area contributed by atoms with Gasteiger partial charge in [-0.1, -0.05) is 12.8 Å². The van der Waals surface area contributed by atoms with Crippen molar-refractivity contribution in [3.63, 3.8) is 0 Å². The molecule has 0 radical (unpaired) electrons. The third-order valence-electron chi connectivity index (χ3n) is 5.24. The van der Waals surface area contributed by atoms with E-state index in [4.69, 9.17) is 4.84 Å². The van der Waals surface area contributed by atoms with Crippen LogP contribution in [0.5, 0.6) is 0 Å². The second-order valence-corrected chi connectivity index (χ2v) is 7.36. The number of rotatable bonds is 5. The van der Waals surface area contributed by atoms with Crippen LogP contribution in [0.1, 0.15) is 20.3 Å². The van der Waals surface area contributed by atoms with E-state index < -0.39 is 29.7 Å². The van der Waals surface area contributed by atoms with Gasteiger partial charge in [0.05, 0.1) is 6.54 Å². The number of carbonyl (C=O) groups is 1. The van der Waals surface area contributed by atoms with Gasteiger partial charge in [0.15, 0.2) is 17.8 Å². The molecule has 2 aliphatic heterocycles. The zero-order valence-electron chi connectivity index (χ0n) is 18.0. The second-order valence-electron chi connectivity index (χ2n) is 7.36. The number of fused-ring (bicyclic) bond motifs is 1. The molecule has 0 aromatic carbocycles. The summed E-state index contributed by atoms with van der Waals surface area (Å²) in [5, 5.41) is 3.89. The maximum atomic E-state index is 13.1. The van der Waals surface area contributed by atoms with E-state index in [1.54, 1.807) is 18.7 Å². The van der Waals surface area contributed by atoms with Gasteiger partial charge in [-0.3, -0.25) is 18.8 Å². The van der Waals surface area contributed by atoms with Gasteiger partial charge in [0.25, 0.3) is 5.56 Å². The molecular weight excluding hydrogens is 433 g/mol. The number of hydroxylamine groups is 1. The Bertz CT molecular complexity index is 1050. The van der Waals surface area contributed by atoms with E-state index in [0.29, 0.717) is 32.6 Å².